The van der Waals surface area contributed by atoms with Crippen LogP contribution in [0, 0.1) is 11.3 Å². The molecule has 6 heteroatoms. The summed E-state index contributed by atoms with van der Waals surface area (Å²) in [6, 6.07) is 18.8. The Kier molecular flexibility index (Phi) is 3.62. The second-order valence-corrected chi connectivity index (χ2v) is 7.44. The van der Waals surface area contributed by atoms with Crippen LogP contribution in [0.1, 0.15) is 29.9 Å². The molecule has 0 unspecified atom stereocenters. The van der Waals surface area contributed by atoms with Gasteiger partial charge in [-0.3, -0.25) is 9.59 Å². The van der Waals surface area contributed by atoms with E-state index in [2.05, 4.69) is 5.32 Å². The van der Waals surface area contributed by atoms with E-state index in [-0.39, 0.29) is 35.2 Å². The van der Waals surface area contributed by atoms with Gasteiger partial charge in [-0.25, -0.2) is 0 Å². The number of fused-ring (bicyclic) bond motifs is 3. The molecule has 2 heterocycles. The van der Waals surface area contributed by atoms with Crippen molar-refractivity contribution in [3.8, 4) is 6.07 Å². The van der Waals surface area contributed by atoms with Crippen LogP contribution in [0.5, 0.6) is 0 Å². The van der Waals surface area contributed by atoms with Gasteiger partial charge in [-0.1, -0.05) is 48.5 Å². The molecule has 2 aliphatic heterocycles. The molecule has 29 heavy (non-hydrogen) atoms. The third-order valence-corrected chi connectivity index (χ3v) is 5.95. The first kappa shape index (κ1) is 17.3. The van der Waals surface area contributed by atoms with Crippen LogP contribution >= 0.6 is 0 Å². The zero-order chi connectivity index (χ0) is 20.2. The van der Waals surface area contributed by atoms with Crippen LogP contribution in [0.25, 0.3) is 0 Å². The van der Waals surface area contributed by atoms with Crippen molar-refractivity contribution < 1.29 is 14.3 Å². The molecule has 0 saturated heterocycles. The Bertz CT molecular complexity index is 1170. The van der Waals surface area contributed by atoms with Gasteiger partial charge in [-0.2, -0.15) is 5.26 Å². The highest BCUT2D eigenvalue weighted by Gasteiger charge is 2.60. The number of carbonyl (C=O) groups is 2. The molecule has 0 aromatic heterocycles. The molecule has 5 rings (SSSR count). The second-order valence-electron chi connectivity index (χ2n) is 7.44. The number of rotatable bonds is 1. The molecule has 1 aliphatic carbocycles. The van der Waals surface area contributed by atoms with Gasteiger partial charge in [0.25, 0.3) is 0 Å². The zero-order valence-corrected chi connectivity index (χ0v) is 15.4. The Hall–Kier alpha value is -3.85. The maximum Gasteiger partial charge on any atom is 0.245 e. The smallest absolute Gasteiger partial charge is 0.245 e. The number of para-hydroxylation sites is 1. The number of Topliss-reactive ketones (excluding diaryl/α,β-unsaturated/α-hetero) is 1. The Morgan fingerprint density at radius 3 is 2.55 bits per heavy atom. The van der Waals surface area contributed by atoms with E-state index in [4.69, 9.17) is 10.5 Å². The van der Waals surface area contributed by atoms with Crippen molar-refractivity contribution in [2.24, 2.45) is 5.73 Å². The van der Waals surface area contributed by atoms with Crippen LogP contribution in [0.15, 0.2) is 77.4 Å². The van der Waals surface area contributed by atoms with Crippen molar-refractivity contribution >= 4 is 17.4 Å². The SMILES string of the molecule is N#CC1=C(N)OC2=C(C(=O)C[C@H](c3ccccc3)C2)[C@@]12C(=O)Nc1ccccc12. The number of hydrogen-bond donors (Lipinski definition) is 2. The molecule has 1 spiro atoms. The summed E-state index contributed by atoms with van der Waals surface area (Å²) in [5.74, 6) is -0.471. The van der Waals surface area contributed by atoms with Gasteiger partial charge in [0, 0.05) is 24.1 Å². The lowest BCUT2D eigenvalue weighted by atomic mass is 9.63. The number of anilines is 1. The number of nitrogens with zero attached hydrogens (tertiary/aromatic N) is 1. The first-order valence-corrected chi connectivity index (χ1v) is 9.38. The van der Waals surface area contributed by atoms with Crippen molar-refractivity contribution in [3.05, 3.63) is 88.5 Å². The molecule has 0 saturated carbocycles. The number of hydrogen-bond acceptors (Lipinski definition) is 5. The number of amides is 1. The van der Waals surface area contributed by atoms with Crippen molar-refractivity contribution in [1.29, 1.82) is 5.26 Å². The van der Waals surface area contributed by atoms with E-state index in [0.29, 0.717) is 23.4 Å². The number of nitrogens with two attached hydrogens (primary N) is 1. The molecule has 0 radical (unpaired) electrons. The van der Waals surface area contributed by atoms with E-state index in [1.807, 2.05) is 36.4 Å². The minimum absolute atomic E-state index is 0.0368. The summed E-state index contributed by atoms with van der Waals surface area (Å²) in [7, 11) is 0. The van der Waals surface area contributed by atoms with E-state index >= 15 is 0 Å². The quantitative estimate of drug-likeness (QED) is 0.788. The first-order chi connectivity index (χ1) is 14.1. The van der Waals surface area contributed by atoms with Crippen LogP contribution in [0.2, 0.25) is 0 Å². The van der Waals surface area contributed by atoms with Crippen LogP contribution in [-0.4, -0.2) is 11.7 Å². The molecule has 0 fully saturated rings. The molecule has 2 aromatic carbocycles. The number of ether oxygens (including phenoxy) is 1. The molecule has 142 valence electrons. The summed E-state index contributed by atoms with van der Waals surface area (Å²) in [6.07, 6.45) is 0.670. The van der Waals surface area contributed by atoms with E-state index < -0.39 is 11.3 Å². The lowest BCUT2D eigenvalue weighted by molar-refractivity contribution is -0.123. The maximum absolute atomic E-state index is 13.4. The van der Waals surface area contributed by atoms with E-state index in [1.54, 1.807) is 24.3 Å². The number of carbonyl (C=O) groups excluding carboxylic acids is 2. The fourth-order valence-electron chi connectivity index (χ4n) is 4.74. The van der Waals surface area contributed by atoms with Gasteiger partial charge >= 0.3 is 0 Å². The molecular weight excluding hydrogens is 366 g/mol. The standard InChI is InChI=1S/C23H17N3O3/c24-12-16-21(25)29-19-11-14(13-6-2-1-3-7-13)10-18(27)20(19)23(16)15-8-4-5-9-17(15)26-22(23)28/h1-9,14H,10-11,25H2,(H,26,28)/t14-,23-/m0/s1. The Labute approximate surface area is 167 Å². The summed E-state index contributed by atoms with van der Waals surface area (Å²) in [6.45, 7) is 0. The van der Waals surface area contributed by atoms with Crippen molar-refractivity contribution in [2.75, 3.05) is 5.32 Å². The predicted octanol–water partition coefficient (Wildman–Crippen LogP) is 3.00. The molecule has 1 amide bonds. The van der Waals surface area contributed by atoms with Crippen molar-refractivity contribution in [3.63, 3.8) is 0 Å². The fraction of sp³-hybridized carbons (Fsp3) is 0.174. The number of nitrogens with one attached hydrogen (secondary N) is 1. The van der Waals surface area contributed by atoms with Crippen LogP contribution in [0.4, 0.5) is 5.69 Å². The average molecular weight is 383 g/mol. The molecule has 3 N–H and O–H groups in total. The van der Waals surface area contributed by atoms with E-state index in [1.165, 1.54) is 0 Å². The van der Waals surface area contributed by atoms with Gasteiger partial charge < -0.3 is 15.8 Å². The van der Waals surface area contributed by atoms with Gasteiger partial charge in [0.1, 0.15) is 22.8 Å². The largest absolute Gasteiger partial charge is 0.444 e. The summed E-state index contributed by atoms with van der Waals surface area (Å²) < 4.78 is 5.78. The second kappa shape index (κ2) is 6.08. The lowest BCUT2D eigenvalue weighted by Crippen LogP contribution is -2.47. The van der Waals surface area contributed by atoms with Gasteiger partial charge in [0.05, 0.1) is 5.57 Å². The van der Waals surface area contributed by atoms with Crippen molar-refractivity contribution in [1.82, 2.24) is 0 Å². The molecular formula is C23H17N3O3. The maximum atomic E-state index is 13.4. The normalized spacial score (nSPS) is 25.3. The van der Waals surface area contributed by atoms with Gasteiger partial charge in [-0.15, -0.1) is 0 Å². The highest BCUT2D eigenvalue weighted by atomic mass is 16.5. The average Bonchev–Trinajstić information content (AvgIpc) is 3.01. The monoisotopic (exact) mass is 383 g/mol. The zero-order valence-electron chi connectivity index (χ0n) is 15.4. The third-order valence-electron chi connectivity index (χ3n) is 5.95. The van der Waals surface area contributed by atoms with E-state index in [0.717, 1.165) is 5.56 Å². The van der Waals surface area contributed by atoms with Crippen LogP contribution in [-0.2, 0) is 19.7 Å². The molecule has 2 aromatic rings. The van der Waals surface area contributed by atoms with Crippen molar-refractivity contribution in [2.45, 2.75) is 24.2 Å². The van der Waals surface area contributed by atoms with Crippen LogP contribution < -0.4 is 11.1 Å². The van der Waals surface area contributed by atoms with Gasteiger partial charge in [-0.05, 0) is 17.5 Å². The molecule has 3 aliphatic rings. The predicted molar refractivity (Wildman–Crippen MR) is 105 cm³/mol. The number of nitriles is 1. The summed E-state index contributed by atoms with van der Waals surface area (Å²) in [4.78, 5) is 26.7. The lowest BCUT2D eigenvalue weighted by Gasteiger charge is -2.38. The first-order valence-electron chi connectivity index (χ1n) is 9.38. The topological polar surface area (TPSA) is 105 Å². The number of benzene rings is 2. The number of allylic oxidation sites excluding steroid dienone is 1. The van der Waals surface area contributed by atoms with Crippen LogP contribution in [0.3, 0.4) is 0 Å². The third kappa shape index (κ3) is 2.21. The van der Waals surface area contributed by atoms with E-state index in [9.17, 15) is 14.9 Å². The summed E-state index contributed by atoms with van der Waals surface area (Å²) >= 11 is 0. The number of ketones is 1. The van der Waals surface area contributed by atoms with Gasteiger partial charge in [0.2, 0.25) is 11.8 Å². The Morgan fingerprint density at radius 1 is 1.07 bits per heavy atom. The summed E-state index contributed by atoms with van der Waals surface area (Å²) in [5, 5.41) is 12.7. The minimum atomic E-state index is -1.55. The van der Waals surface area contributed by atoms with Gasteiger partial charge in [0.15, 0.2) is 5.78 Å². The molecule has 2 atom stereocenters. The molecule has 6 nitrogen and oxygen atoms in total. The fourth-order valence-corrected chi connectivity index (χ4v) is 4.74. The highest BCUT2D eigenvalue weighted by molar-refractivity contribution is 6.19. The molecule has 0 bridgehead atoms. The Morgan fingerprint density at radius 2 is 1.79 bits per heavy atom. The Balaban J connectivity index is 1.74. The summed E-state index contributed by atoms with van der Waals surface area (Å²) in [5.41, 5.74) is 6.91. The highest BCUT2D eigenvalue weighted by Crippen LogP contribution is 2.55. The minimum Gasteiger partial charge on any atom is -0.444 e.